The van der Waals surface area contributed by atoms with Crippen molar-refractivity contribution in [1.82, 2.24) is 10.3 Å². The number of carbonyl (C=O) groups excluding carboxylic acids is 1. The van der Waals surface area contributed by atoms with E-state index in [9.17, 15) is 13.6 Å². The van der Waals surface area contributed by atoms with Gasteiger partial charge in [-0.05, 0) is 32.0 Å². The number of nitrogens with zero attached hydrogens (tertiary/aromatic N) is 2. The third-order valence-electron chi connectivity index (χ3n) is 4.53. The number of rotatable bonds is 5. The van der Waals surface area contributed by atoms with Crippen LogP contribution in [-0.2, 0) is 0 Å². The topological polar surface area (TPSA) is 80.5 Å². The number of amides is 1. The lowest BCUT2D eigenvalue weighted by atomic mass is 10.1. The van der Waals surface area contributed by atoms with Crippen LogP contribution in [-0.4, -0.2) is 36.1 Å². The SMILES string of the molecule is CC(C)NC(=O)c1cc(N2CCC(Oc3ccc(F)cc3F)CC2)c(N)cn1. The van der Waals surface area contributed by atoms with Gasteiger partial charge in [0.05, 0.1) is 17.6 Å². The fraction of sp³-hybridized carbons (Fsp3) is 0.400. The first-order valence-corrected chi connectivity index (χ1v) is 9.26. The van der Waals surface area contributed by atoms with Gasteiger partial charge < -0.3 is 20.7 Å². The Labute approximate surface area is 162 Å². The van der Waals surface area contributed by atoms with Crippen molar-refractivity contribution in [2.75, 3.05) is 23.7 Å². The zero-order valence-electron chi connectivity index (χ0n) is 15.9. The van der Waals surface area contributed by atoms with E-state index in [0.29, 0.717) is 37.3 Å². The molecule has 0 radical (unpaired) electrons. The highest BCUT2D eigenvalue weighted by Gasteiger charge is 2.24. The van der Waals surface area contributed by atoms with Crippen LogP contribution in [0.3, 0.4) is 0 Å². The Balaban J connectivity index is 1.65. The summed E-state index contributed by atoms with van der Waals surface area (Å²) >= 11 is 0. The van der Waals surface area contributed by atoms with Gasteiger partial charge in [0.2, 0.25) is 0 Å². The van der Waals surface area contributed by atoms with E-state index in [-0.39, 0.29) is 23.8 Å². The standard InChI is InChI=1S/C20H24F2N4O2/c1-12(2)25-20(27)17-10-18(16(23)11-24-17)26-7-5-14(6-8-26)28-19-4-3-13(21)9-15(19)22/h3-4,9-12,14H,5-8,23H2,1-2H3,(H,25,27). The van der Waals surface area contributed by atoms with E-state index in [1.54, 1.807) is 6.07 Å². The largest absolute Gasteiger partial charge is 0.487 e. The van der Waals surface area contributed by atoms with Crippen LogP contribution in [0.1, 0.15) is 37.2 Å². The number of benzene rings is 1. The maximum absolute atomic E-state index is 13.8. The average molecular weight is 390 g/mol. The molecule has 1 aliphatic rings. The highest BCUT2D eigenvalue weighted by Crippen LogP contribution is 2.28. The van der Waals surface area contributed by atoms with Crippen molar-refractivity contribution in [3.8, 4) is 5.75 Å². The van der Waals surface area contributed by atoms with Gasteiger partial charge in [0, 0.05) is 38.0 Å². The molecule has 28 heavy (non-hydrogen) atoms. The molecule has 2 aromatic rings. The van der Waals surface area contributed by atoms with Crippen LogP contribution in [0.5, 0.6) is 5.75 Å². The van der Waals surface area contributed by atoms with Gasteiger partial charge >= 0.3 is 0 Å². The Morgan fingerprint density at radius 3 is 2.64 bits per heavy atom. The van der Waals surface area contributed by atoms with Gasteiger partial charge in [-0.1, -0.05) is 0 Å². The number of piperidine rings is 1. The highest BCUT2D eigenvalue weighted by molar-refractivity contribution is 5.94. The number of hydrogen-bond donors (Lipinski definition) is 2. The first kappa shape index (κ1) is 19.9. The molecule has 3 rings (SSSR count). The van der Waals surface area contributed by atoms with Crippen LogP contribution in [0.2, 0.25) is 0 Å². The van der Waals surface area contributed by atoms with E-state index < -0.39 is 11.6 Å². The summed E-state index contributed by atoms with van der Waals surface area (Å²) in [5.74, 6) is -1.54. The fourth-order valence-corrected chi connectivity index (χ4v) is 3.15. The number of nitrogen functional groups attached to an aromatic ring is 1. The second-order valence-corrected chi connectivity index (χ2v) is 7.14. The van der Waals surface area contributed by atoms with Gasteiger partial charge in [-0.25, -0.2) is 13.8 Å². The van der Waals surface area contributed by atoms with E-state index in [2.05, 4.69) is 15.2 Å². The lowest BCUT2D eigenvalue weighted by molar-refractivity contribution is 0.0938. The molecule has 0 unspecified atom stereocenters. The Kier molecular flexibility index (Phi) is 5.96. The molecule has 8 heteroatoms. The first-order chi connectivity index (χ1) is 13.3. The summed E-state index contributed by atoms with van der Waals surface area (Å²) in [4.78, 5) is 18.4. The van der Waals surface area contributed by atoms with Gasteiger partial charge in [0.1, 0.15) is 17.6 Å². The number of nitrogens with two attached hydrogens (primary N) is 1. The molecule has 2 heterocycles. The van der Waals surface area contributed by atoms with E-state index in [0.717, 1.165) is 11.8 Å². The molecule has 0 bridgehead atoms. The normalized spacial score (nSPS) is 15.0. The average Bonchev–Trinajstić information content (AvgIpc) is 2.64. The molecule has 1 aromatic carbocycles. The van der Waals surface area contributed by atoms with Gasteiger partial charge in [0.15, 0.2) is 11.6 Å². The summed E-state index contributed by atoms with van der Waals surface area (Å²) in [7, 11) is 0. The summed E-state index contributed by atoms with van der Waals surface area (Å²) in [6, 6.07) is 4.99. The lowest BCUT2D eigenvalue weighted by Gasteiger charge is -2.34. The monoisotopic (exact) mass is 390 g/mol. The Morgan fingerprint density at radius 2 is 2.00 bits per heavy atom. The first-order valence-electron chi connectivity index (χ1n) is 9.26. The number of carbonyl (C=O) groups is 1. The molecule has 1 aliphatic heterocycles. The summed E-state index contributed by atoms with van der Waals surface area (Å²) < 4.78 is 32.5. The predicted molar refractivity (Wildman–Crippen MR) is 103 cm³/mol. The molecule has 1 aromatic heterocycles. The minimum atomic E-state index is -0.707. The quantitative estimate of drug-likeness (QED) is 0.820. The molecule has 1 saturated heterocycles. The maximum atomic E-state index is 13.8. The van der Waals surface area contributed by atoms with Crippen LogP contribution in [0.15, 0.2) is 30.5 Å². The van der Waals surface area contributed by atoms with Gasteiger partial charge in [0.25, 0.3) is 5.91 Å². The maximum Gasteiger partial charge on any atom is 0.270 e. The molecule has 1 amide bonds. The molecule has 0 atom stereocenters. The van der Waals surface area contributed by atoms with Crippen molar-refractivity contribution in [2.24, 2.45) is 0 Å². The molecular formula is C20H24F2N4O2. The molecular weight excluding hydrogens is 366 g/mol. The van der Waals surface area contributed by atoms with Crippen molar-refractivity contribution in [2.45, 2.75) is 38.8 Å². The van der Waals surface area contributed by atoms with Gasteiger partial charge in [-0.15, -0.1) is 0 Å². The minimum Gasteiger partial charge on any atom is -0.487 e. The highest BCUT2D eigenvalue weighted by atomic mass is 19.1. The van der Waals surface area contributed by atoms with Crippen LogP contribution in [0.4, 0.5) is 20.2 Å². The van der Waals surface area contributed by atoms with Crippen molar-refractivity contribution >= 4 is 17.3 Å². The minimum absolute atomic E-state index is 0.00931. The molecule has 0 saturated carbocycles. The van der Waals surface area contributed by atoms with Crippen LogP contribution < -0.4 is 20.7 Å². The van der Waals surface area contributed by atoms with Gasteiger partial charge in [-0.2, -0.15) is 0 Å². The van der Waals surface area contributed by atoms with Crippen LogP contribution in [0.25, 0.3) is 0 Å². The number of aromatic nitrogens is 1. The zero-order chi connectivity index (χ0) is 20.3. The van der Waals surface area contributed by atoms with E-state index in [1.165, 1.54) is 18.3 Å². The number of anilines is 2. The third kappa shape index (κ3) is 4.68. The molecule has 1 fully saturated rings. The van der Waals surface area contributed by atoms with Crippen molar-refractivity contribution in [1.29, 1.82) is 0 Å². The Hall–Kier alpha value is -2.90. The second kappa shape index (κ2) is 8.41. The van der Waals surface area contributed by atoms with Crippen LogP contribution >= 0.6 is 0 Å². The van der Waals surface area contributed by atoms with E-state index in [1.807, 2.05) is 13.8 Å². The Bertz CT molecular complexity index is 852. The third-order valence-corrected chi connectivity index (χ3v) is 4.53. The van der Waals surface area contributed by atoms with Crippen molar-refractivity contribution < 1.29 is 18.3 Å². The molecule has 6 nitrogen and oxygen atoms in total. The van der Waals surface area contributed by atoms with E-state index >= 15 is 0 Å². The predicted octanol–water partition coefficient (Wildman–Crippen LogP) is 3.13. The Morgan fingerprint density at radius 1 is 1.29 bits per heavy atom. The summed E-state index contributed by atoms with van der Waals surface area (Å²) in [5.41, 5.74) is 7.61. The van der Waals surface area contributed by atoms with E-state index in [4.69, 9.17) is 10.5 Å². The summed E-state index contributed by atoms with van der Waals surface area (Å²) in [6.07, 6.45) is 2.60. The molecule has 0 spiro atoms. The summed E-state index contributed by atoms with van der Waals surface area (Å²) in [6.45, 7) is 5.02. The zero-order valence-corrected chi connectivity index (χ0v) is 15.9. The molecule has 150 valence electrons. The summed E-state index contributed by atoms with van der Waals surface area (Å²) in [5, 5.41) is 2.81. The number of pyridine rings is 1. The molecule has 3 N–H and O–H groups in total. The van der Waals surface area contributed by atoms with Crippen molar-refractivity contribution in [3.05, 3.63) is 47.8 Å². The van der Waals surface area contributed by atoms with Crippen molar-refractivity contribution in [3.63, 3.8) is 0 Å². The van der Waals surface area contributed by atoms with Crippen LogP contribution in [0, 0.1) is 11.6 Å². The second-order valence-electron chi connectivity index (χ2n) is 7.14. The smallest absolute Gasteiger partial charge is 0.270 e. The number of nitrogens with one attached hydrogen (secondary N) is 1. The van der Waals surface area contributed by atoms with Gasteiger partial charge in [-0.3, -0.25) is 4.79 Å². The fourth-order valence-electron chi connectivity index (χ4n) is 3.15. The number of hydrogen-bond acceptors (Lipinski definition) is 5. The number of ether oxygens (including phenoxy) is 1. The molecule has 0 aliphatic carbocycles. The number of halogens is 2. The lowest BCUT2D eigenvalue weighted by Crippen LogP contribution is -2.39.